The second kappa shape index (κ2) is 4.35. The lowest BCUT2D eigenvalue weighted by molar-refractivity contribution is 0.550. The van der Waals surface area contributed by atoms with E-state index in [0.717, 1.165) is 11.1 Å². The van der Waals surface area contributed by atoms with Crippen LogP contribution in [0, 0.1) is 0 Å². The molecule has 0 aliphatic rings. The third kappa shape index (κ3) is 3.33. The number of sulfonamides is 1. The van der Waals surface area contributed by atoms with Gasteiger partial charge in [0.25, 0.3) is 0 Å². The summed E-state index contributed by atoms with van der Waals surface area (Å²) in [5.74, 6) is 0. The predicted octanol–water partition coefficient (Wildman–Crippen LogP) is 2.93. The molecule has 1 aromatic carbocycles. The van der Waals surface area contributed by atoms with E-state index in [-0.39, 0.29) is 15.7 Å². The molecule has 0 unspecified atom stereocenters. The Labute approximate surface area is 110 Å². The molecule has 0 fully saturated rings. The zero-order valence-corrected chi connectivity index (χ0v) is 12.9. The third-order valence-electron chi connectivity index (χ3n) is 2.96. The molecular weight excluding hydrogens is 246 g/mol. The lowest BCUT2D eigenvalue weighted by Gasteiger charge is -2.26. The standard InChI is InChI=1S/C14H23NO2S/c1-13(2,3)10-7-8-12(18(15,16)17)11(9-10)14(4,5)6/h7-9H,1-6H3,(H2,15,16,17). The van der Waals surface area contributed by atoms with Crippen molar-refractivity contribution in [2.75, 3.05) is 0 Å². The Morgan fingerprint density at radius 2 is 1.44 bits per heavy atom. The van der Waals surface area contributed by atoms with Crippen LogP contribution in [0.4, 0.5) is 0 Å². The van der Waals surface area contributed by atoms with Crippen molar-refractivity contribution in [3.8, 4) is 0 Å². The molecule has 1 aromatic rings. The Morgan fingerprint density at radius 3 is 1.78 bits per heavy atom. The topological polar surface area (TPSA) is 60.2 Å². The van der Waals surface area contributed by atoms with Crippen molar-refractivity contribution in [3.05, 3.63) is 29.3 Å². The van der Waals surface area contributed by atoms with E-state index in [4.69, 9.17) is 5.14 Å². The number of benzene rings is 1. The fourth-order valence-corrected chi connectivity index (χ4v) is 2.76. The maximum Gasteiger partial charge on any atom is 0.238 e. The average molecular weight is 269 g/mol. The van der Waals surface area contributed by atoms with Crippen molar-refractivity contribution in [3.63, 3.8) is 0 Å². The molecule has 0 saturated heterocycles. The molecular formula is C14H23NO2S. The predicted molar refractivity (Wildman–Crippen MR) is 75.2 cm³/mol. The van der Waals surface area contributed by atoms with Gasteiger partial charge < -0.3 is 0 Å². The number of hydrogen-bond acceptors (Lipinski definition) is 2. The van der Waals surface area contributed by atoms with Gasteiger partial charge in [-0.05, 0) is 28.0 Å². The largest absolute Gasteiger partial charge is 0.238 e. The van der Waals surface area contributed by atoms with Crippen LogP contribution in [0.5, 0.6) is 0 Å². The quantitative estimate of drug-likeness (QED) is 0.852. The maximum absolute atomic E-state index is 11.6. The Hall–Kier alpha value is -0.870. The SMILES string of the molecule is CC(C)(C)c1ccc(S(N)(=O)=O)c(C(C)(C)C)c1. The van der Waals surface area contributed by atoms with Gasteiger partial charge in [0.05, 0.1) is 4.90 Å². The molecule has 2 N–H and O–H groups in total. The first-order chi connectivity index (χ1) is 7.83. The Balaban J connectivity index is 3.61. The van der Waals surface area contributed by atoms with Crippen molar-refractivity contribution in [1.82, 2.24) is 0 Å². The second-order valence-electron chi connectivity index (χ2n) is 6.76. The fraction of sp³-hybridized carbons (Fsp3) is 0.571. The molecule has 0 bridgehead atoms. The molecule has 0 amide bonds. The second-order valence-corrected chi connectivity index (χ2v) is 8.29. The minimum absolute atomic E-state index is 0.0170. The van der Waals surface area contributed by atoms with Gasteiger partial charge in [-0.25, -0.2) is 13.6 Å². The highest BCUT2D eigenvalue weighted by Gasteiger charge is 2.26. The van der Waals surface area contributed by atoms with Crippen LogP contribution in [0.15, 0.2) is 23.1 Å². The number of hydrogen-bond donors (Lipinski definition) is 1. The zero-order chi connectivity index (χ0) is 14.4. The highest BCUT2D eigenvalue weighted by molar-refractivity contribution is 7.89. The summed E-state index contributed by atoms with van der Waals surface area (Å²) < 4.78 is 23.3. The van der Waals surface area contributed by atoms with Crippen LogP contribution in [-0.4, -0.2) is 8.42 Å². The molecule has 0 aromatic heterocycles. The lowest BCUT2D eigenvalue weighted by Crippen LogP contribution is -2.23. The molecule has 0 aliphatic carbocycles. The van der Waals surface area contributed by atoms with Crippen LogP contribution in [-0.2, 0) is 20.9 Å². The van der Waals surface area contributed by atoms with Crippen molar-refractivity contribution in [2.24, 2.45) is 5.14 Å². The van der Waals surface area contributed by atoms with Gasteiger partial charge in [0.15, 0.2) is 0 Å². The van der Waals surface area contributed by atoms with E-state index < -0.39 is 10.0 Å². The van der Waals surface area contributed by atoms with Gasteiger partial charge in [0, 0.05) is 0 Å². The van der Waals surface area contributed by atoms with E-state index in [0.29, 0.717) is 0 Å². The molecule has 3 nitrogen and oxygen atoms in total. The van der Waals surface area contributed by atoms with Crippen LogP contribution in [0.25, 0.3) is 0 Å². The first kappa shape index (κ1) is 15.2. The molecule has 102 valence electrons. The van der Waals surface area contributed by atoms with Gasteiger partial charge in [0.1, 0.15) is 0 Å². The maximum atomic E-state index is 11.6. The van der Waals surface area contributed by atoms with E-state index in [1.165, 1.54) is 0 Å². The summed E-state index contributed by atoms with van der Waals surface area (Å²) in [5, 5.41) is 5.29. The number of rotatable bonds is 1. The summed E-state index contributed by atoms with van der Waals surface area (Å²) >= 11 is 0. The molecule has 0 heterocycles. The average Bonchev–Trinajstić information content (AvgIpc) is 2.12. The van der Waals surface area contributed by atoms with Crippen molar-refractivity contribution in [2.45, 2.75) is 57.3 Å². The summed E-state index contributed by atoms with van der Waals surface area (Å²) in [4.78, 5) is 0.225. The van der Waals surface area contributed by atoms with Crippen molar-refractivity contribution < 1.29 is 8.42 Å². The van der Waals surface area contributed by atoms with Crippen molar-refractivity contribution >= 4 is 10.0 Å². The first-order valence-corrected chi connectivity index (χ1v) is 7.56. The van der Waals surface area contributed by atoms with Crippen LogP contribution >= 0.6 is 0 Å². The minimum atomic E-state index is -3.68. The summed E-state index contributed by atoms with van der Waals surface area (Å²) in [6.07, 6.45) is 0. The summed E-state index contributed by atoms with van der Waals surface area (Å²) in [6.45, 7) is 12.3. The van der Waals surface area contributed by atoms with E-state index in [9.17, 15) is 8.42 Å². The van der Waals surface area contributed by atoms with E-state index in [1.807, 2.05) is 32.9 Å². The molecule has 4 heteroatoms. The lowest BCUT2D eigenvalue weighted by atomic mass is 9.81. The smallest absolute Gasteiger partial charge is 0.225 e. The molecule has 1 rings (SSSR count). The van der Waals surface area contributed by atoms with Crippen LogP contribution < -0.4 is 5.14 Å². The monoisotopic (exact) mass is 269 g/mol. The van der Waals surface area contributed by atoms with Gasteiger partial charge in [-0.1, -0.05) is 53.7 Å². The van der Waals surface area contributed by atoms with Gasteiger partial charge in [-0.3, -0.25) is 0 Å². The van der Waals surface area contributed by atoms with Gasteiger partial charge in [-0.2, -0.15) is 0 Å². The van der Waals surface area contributed by atoms with Crippen LogP contribution in [0.1, 0.15) is 52.7 Å². The highest BCUT2D eigenvalue weighted by Crippen LogP contribution is 2.32. The van der Waals surface area contributed by atoms with Gasteiger partial charge in [0.2, 0.25) is 10.0 Å². The normalized spacial score (nSPS) is 13.7. The summed E-state index contributed by atoms with van der Waals surface area (Å²) in [7, 11) is -3.68. The number of primary sulfonamides is 1. The molecule has 0 saturated carbocycles. The van der Waals surface area contributed by atoms with E-state index in [1.54, 1.807) is 6.07 Å². The zero-order valence-electron chi connectivity index (χ0n) is 12.0. The molecule has 0 aliphatic heterocycles. The van der Waals surface area contributed by atoms with Gasteiger partial charge in [-0.15, -0.1) is 0 Å². The fourth-order valence-electron chi connectivity index (χ4n) is 1.83. The van der Waals surface area contributed by atoms with E-state index >= 15 is 0 Å². The van der Waals surface area contributed by atoms with Crippen LogP contribution in [0.2, 0.25) is 0 Å². The first-order valence-electron chi connectivity index (χ1n) is 6.01. The number of nitrogens with two attached hydrogens (primary N) is 1. The Bertz CT molecular complexity index is 546. The highest BCUT2D eigenvalue weighted by atomic mass is 32.2. The van der Waals surface area contributed by atoms with Crippen LogP contribution in [0.3, 0.4) is 0 Å². The molecule has 18 heavy (non-hydrogen) atoms. The van der Waals surface area contributed by atoms with Gasteiger partial charge >= 0.3 is 0 Å². The Kier molecular flexibility index (Phi) is 3.67. The molecule has 0 atom stereocenters. The minimum Gasteiger partial charge on any atom is -0.225 e. The van der Waals surface area contributed by atoms with Crippen molar-refractivity contribution in [1.29, 1.82) is 0 Å². The molecule has 0 spiro atoms. The third-order valence-corrected chi connectivity index (χ3v) is 3.93. The summed E-state index contributed by atoms with van der Waals surface area (Å²) in [5.41, 5.74) is 1.61. The molecule has 0 radical (unpaired) electrons. The van der Waals surface area contributed by atoms with E-state index in [2.05, 4.69) is 20.8 Å². The summed E-state index contributed by atoms with van der Waals surface area (Å²) in [6, 6.07) is 5.42. The Morgan fingerprint density at radius 1 is 0.944 bits per heavy atom.